The van der Waals surface area contributed by atoms with Crippen LogP contribution >= 0.6 is 0 Å². The average Bonchev–Trinajstić information content (AvgIpc) is 3.28. The fourth-order valence-electron chi connectivity index (χ4n) is 3.06. The van der Waals surface area contributed by atoms with E-state index in [-0.39, 0.29) is 12.0 Å². The van der Waals surface area contributed by atoms with Gasteiger partial charge < -0.3 is 20.1 Å². The summed E-state index contributed by atoms with van der Waals surface area (Å²) in [5.41, 5.74) is 1.03. The number of anilines is 2. The lowest BCUT2D eigenvalue weighted by atomic mass is 10.2. The van der Waals surface area contributed by atoms with E-state index in [0.717, 1.165) is 30.9 Å². The summed E-state index contributed by atoms with van der Waals surface area (Å²) in [7, 11) is 0. The molecule has 4 rings (SSSR count). The second-order valence-electron chi connectivity index (χ2n) is 6.67. The van der Waals surface area contributed by atoms with Gasteiger partial charge in [0.05, 0.1) is 11.8 Å². The summed E-state index contributed by atoms with van der Waals surface area (Å²) in [6.45, 7) is 1.24. The molecule has 1 atom stereocenters. The highest BCUT2D eigenvalue weighted by Crippen LogP contribution is 2.30. The first-order chi connectivity index (χ1) is 14.3. The van der Waals surface area contributed by atoms with E-state index in [1.165, 1.54) is 6.33 Å². The van der Waals surface area contributed by atoms with Crippen molar-refractivity contribution in [1.82, 2.24) is 15.3 Å². The fourth-order valence-corrected chi connectivity index (χ4v) is 3.06. The van der Waals surface area contributed by atoms with Gasteiger partial charge in [0.15, 0.2) is 5.75 Å². The number of hydrogen-bond donors (Lipinski definition) is 2. The van der Waals surface area contributed by atoms with Crippen LogP contribution in [-0.4, -0.2) is 35.1 Å². The van der Waals surface area contributed by atoms with Crippen molar-refractivity contribution >= 4 is 17.4 Å². The normalized spacial score (nSPS) is 15.7. The predicted molar refractivity (Wildman–Crippen MR) is 110 cm³/mol. The molecule has 0 bridgehead atoms. The highest BCUT2D eigenvalue weighted by molar-refractivity contribution is 5.93. The Bertz CT molecular complexity index is 959. The third-order valence-electron chi connectivity index (χ3n) is 4.53. The van der Waals surface area contributed by atoms with Gasteiger partial charge >= 0.3 is 0 Å². The molecule has 1 amide bonds. The molecule has 1 aliphatic heterocycles. The van der Waals surface area contributed by atoms with Gasteiger partial charge in [0, 0.05) is 19.2 Å². The summed E-state index contributed by atoms with van der Waals surface area (Å²) in [4.78, 5) is 20.7. The summed E-state index contributed by atoms with van der Waals surface area (Å²) in [5, 5.41) is 6.07. The monoisotopic (exact) mass is 390 g/mol. The van der Waals surface area contributed by atoms with E-state index >= 15 is 0 Å². The van der Waals surface area contributed by atoms with Crippen LogP contribution in [0.5, 0.6) is 11.5 Å². The van der Waals surface area contributed by atoms with Crippen molar-refractivity contribution in [2.75, 3.05) is 18.5 Å². The molecule has 148 valence electrons. The van der Waals surface area contributed by atoms with Crippen LogP contribution in [0.1, 0.15) is 23.3 Å². The van der Waals surface area contributed by atoms with Crippen LogP contribution in [0.25, 0.3) is 0 Å². The zero-order valence-corrected chi connectivity index (χ0v) is 15.9. The standard InChI is InChI=1S/C22H22N4O3/c27-22(23-14-17-9-6-12-28-17)19-13-21(25-15-24-19)26-18-10-4-5-11-20(18)29-16-7-2-1-3-8-16/h1-5,7-8,10-11,13,15,17H,6,9,12,14H2,(H,23,27)(H,24,25,26). The van der Waals surface area contributed by atoms with E-state index in [1.807, 2.05) is 54.6 Å². The molecule has 2 heterocycles. The van der Waals surface area contributed by atoms with E-state index in [4.69, 9.17) is 9.47 Å². The van der Waals surface area contributed by atoms with Crippen LogP contribution in [0.2, 0.25) is 0 Å². The van der Waals surface area contributed by atoms with E-state index in [1.54, 1.807) is 6.07 Å². The molecule has 2 aromatic carbocycles. The van der Waals surface area contributed by atoms with E-state index in [2.05, 4.69) is 20.6 Å². The van der Waals surface area contributed by atoms with Crippen molar-refractivity contribution in [3.05, 3.63) is 72.7 Å². The molecule has 1 aromatic heterocycles. The van der Waals surface area contributed by atoms with Crippen LogP contribution in [0.3, 0.4) is 0 Å². The maximum absolute atomic E-state index is 12.4. The van der Waals surface area contributed by atoms with E-state index in [0.29, 0.717) is 23.8 Å². The molecule has 29 heavy (non-hydrogen) atoms. The van der Waals surface area contributed by atoms with Crippen molar-refractivity contribution in [3.8, 4) is 11.5 Å². The molecule has 0 aliphatic carbocycles. The third kappa shape index (κ3) is 5.08. The van der Waals surface area contributed by atoms with Gasteiger partial charge in [0.2, 0.25) is 0 Å². The Morgan fingerprint density at radius 1 is 1.10 bits per heavy atom. The van der Waals surface area contributed by atoms with Crippen LogP contribution in [-0.2, 0) is 4.74 Å². The summed E-state index contributed by atoms with van der Waals surface area (Å²) in [6, 6.07) is 18.7. The lowest BCUT2D eigenvalue weighted by Crippen LogP contribution is -2.32. The molecule has 0 spiro atoms. The molecular weight excluding hydrogens is 368 g/mol. The van der Waals surface area contributed by atoms with Crippen LogP contribution in [0, 0.1) is 0 Å². The number of nitrogens with zero attached hydrogens (tertiary/aromatic N) is 2. The molecule has 7 nitrogen and oxygen atoms in total. The molecule has 1 aliphatic rings. The van der Waals surface area contributed by atoms with Crippen LogP contribution < -0.4 is 15.4 Å². The fraction of sp³-hybridized carbons (Fsp3) is 0.227. The van der Waals surface area contributed by atoms with Gasteiger partial charge in [-0.1, -0.05) is 30.3 Å². The van der Waals surface area contributed by atoms with Crippen LogP contribution in [0.4, 0.5) is 11.5 Å². The Labute approximate surface area is 169 Å². The van der Waals surface area contributed by atoms with Crippen molar-refractivity contribution in [2.45, 2.75) is 18.9 Å². The first-order valence-corrected chi connectivity index (χ1v) is 9.59. The quantitative estimate of drug-likeness (QED) is 0.636. The minimum absolute atomic E-state index is 0.0837. The summed E-state index contributed by atoms with van der Waals surface area (Å²) >= 11 is 0. The minimum atomic E-state index is -0.250. The number of para-hydroxylation sites is 3. The first kappa shape index (κ1) is 18.9. The number of benzene rings is 2. The molecular formula is C22H22N4O3. The molecule has 0 radical (unpaired) electrons. The SMILES string of the molecule is O=C(NCC1CCCO1)c1cc(Nc2ccccc2Oc2ccccc2)ncn1. The maximum Gasteiger partial charge on any atom is 0.270 e. The highest BCUT2D eigenvalue weighted by atomic mass is 16.5. The smallest absolute Gasteiger partial charge is 0.270 e. The molecule has 3 aromatic rings. The molecule has 1 unspecified atom stereocenters. The molecule has 2 N–H and O–H groups in total. The van der Waals surface area contributed by atoms with Crippen molar-refractivity contribution in [1.29, 1.82) is 0 Å². The Morgan fingerprint density at radius 3 is 2.76 bits per heavy atom. The number of hydrogen-bond acceptors (Lipinski definition) is 6. The number of carbonyl (C=O) groups is 1. The number of carbonyl (C=O) groups excluding carboxylic acids is 1. The van der Waals surface area contributed by atoms with E-state index in [9.17, 15) is 4.79 Å². The summed E-state index contributed by atoms with van der Waals surface area (Å²) in [5.74, 6) is 1.64. The Hall–Kier alpha value is -3.45. The first-order valence-electron chi connectivity index (χ1n) is 9.59. The van der Waals surface area contributed by atoms with Gasteiger partial charge in [-0.25, -0.2) is 9.97 Å². The number of amides is 1. The lowest BCUT2D eigenvalue weighted by molar-refractivity contribution is 0.0853. The highest BCUT2D eigenvalue weighted by Gasteiger charge is 2.17. The van der Waals surface area contributed by atoms with Gasteiger partial charge in [-0.15, -0.1) is 0 Å². The van der Waals surface area contributed by atoms with Crippen LogP contribution in [0.15, 0.2) is 67.0 Å². The molecule has 7 heteroatoms. The number of aromatic nitrogens is 2. The summed E-state index contributed by atoms with van der Waals surface area (Å²) < 4.78 is 11.5. The topological polar surface area (TPSA) is 85.4 Å². The lowest BCUT2D eigenvalue weighted by Gasteiger charge is -2.13. The van der Waals surface area contributed by atoms with Crippen molar-refractivity contribution < 1.29 is 14.3 Å². The largest absolute Gasteiger partial charge is 0.455 e. The Morgan fingerprint density at radius 2 is 1.93 bits per heavy atom. The minimum Gasteiger partial charge on any atom is -0.455 e. The van der Waals surface area contributed by atoms with Gasteiger partial charge in [0.1, 0.15) is 23.6 Å². The van der Waals surface area contributed by atoms with E-state index < -0.39 is 0 Å². The van der Waals surface area contributed by atoms with Gasteiger partial charge in [-0.05, 0) is 37.1 Å². The van der Waals surface area contributed by atoms with Crippen molar-refractivity contribution in [2.24, 2.45) is 0 Å². The van der Waals surface area contributed by atoms with Gasteiger partial charge in [-0.3, -0.25) is 4.79 Å². The molecule has 1 saturated heterocycles. The Balaban J connectivity index is 1.44. The zero-order valence-electron chi connectivity index (χ0n) is 15.9. The third-order valence-corrected chi connectivity index (χ3v) is 4.53. The number of nitrogens with one attached hydrogen (secondary N) is 2. The molecule has 1 fully saturated rings. The van der Waals surface area contributed by atoms with Gasteiger partial charge in [0.25, 0.3) is 5.91 Å². The predicted octanol–water partition coefficient (Wildman–Crippen LogP) is 3.92. The zero-order chi connectivity index (χ0) is 19.9. The van der Waals surface area contributed by atoms with Gasteiger partial charge in [-0.2, -0.15) is 0 Å². The number of ether oxygens (including phenoxy) is 2. The number of rotatable bonds is 7. The maximum atomic E-state index is 12.4. The second-order valence-corrected chi connectivity index (χ2v) is 6.67. The Kier molecular flexibility index (Phi) is 5.97. The molecule has 0 saturated carbocycles. The second kappa shape index (κ2) is 9.16. The van der Waals surface area contributed by atoms with Crippen molar-refractivity contribution in [3.63, 3.8) is 0 Å². The average molecular weight is 390 g/mol. The summed E-state index contributed by atoms with van der Waals surface area (Å²) in [6.07, 6.45) is 3.45.